The van der Waals surface area contributed by atoms with Crippen LogP contribution in [-0.4, -0.2) is 40.0 Å². The van der Waals surface area contributed by atoms with Crippen LogP contribution in [0.25, 0.3) is 0 Å². The molecule has 2 aromatic carbocycles. The van der Waals surface area contributed by atoms with Gasteiger partial charge < -0.3 is 15.7 Å². The second-order valence-corrected chi connectivity index (χ2v) is 9.73. The summed E-state index contributed by atoms with van der Waals surface area (Å²) < 4.78 is 52.5. The number of halogens is 6. The van der Waals surface area contributed by atoms with E-state index in [-0.39, 0.29) is 33.3 Å². The van der Waals surface area contributed by atoms with Crippen LogP contribution in [0.15, 0.2) is 30.3 Å². The zero-order valence-electron chi connectivity index (χ0n) is 16.9. The molecule has 0 fully saturated rings. The molecule has 176 valence electrons. The molecule has 12 heteroatoms. The van der Waals surface area contributed by atoms with Gasteiger partial charge in [-0.2, -0.15) is 13.2 Å². The van der Waals surface area contributed by atoms with E-state index in [0.29, 0.717) is 11.3 Å². The van der Waals surface area contributed by atoms with Crippen molar-refractivity contribution in [3.8, 4) is 0 Å². The maximum absolute atomic E-state index is 13.8. The number of benzene rings is 2. The minimum atomic E-state index is -5.04. The first-order chi connectivity index (χ1) is 14.7. The number of alkyl halides is 3. The fraction of sp³-hybridized carbons (Fsp3) is 0.350. The van der Waals surface area contributed by atoms with E-state index in [1.165, 1.54) is 12.3 Å². The van der Waals surface area contributed by atoms with Gasteiger partial charge >= 0.3 is 6.18 Å². The van der Waals surface area contributed by atoms with E-state index in [1.807, 2.05) is 0 Å². The van der Waals surface area contributed by atoms with Crippen molar-refractivity contribution in [2.75, 3.05) is 23.9 Å². The molecule has 0 saturated heterocycles. The number of hydrogen-bond donors (Lipinski definition) is 3. The topological polar surface area (TPSA) is 78.4 Å². The molecule has 0 unspecified atom stereocenters. The number of carbonyl (C=O) groups excluding carboxylic acids is 1. The zero-order valence-corrected chi connectivity index (χ0v) is 20.0. The molecule has 0 saturated carbocycles. The van der Waals surface area contributed by atoms with Crippen LogP contribution in [0.3, 0.4) is 0 Å². The Balaban J connectivity index is 2.19. The number of carbonyl (C=O) groups is 1. The van der Waals surface area contributed by atoms with E-state index < -0.39 is 34.7 Å². The monoisotopic (exact) mass is 530 g/mol. The molecule has 32 heavy (non-hydrogen) atoms. The smallest absolute Gasteiger partial charge is 0.381 e. The summed E-state index contributed by atoms with van der Waals surface area (Å²) in [6.45, 7) is 0.984. The number of aliphatic hydroxyl groups is 1. The quantitative estimate of drug-likeness (QED) is 0.427. The molecule has 2 atom stereocenters. The molecular weight excluding hydrogens is 512 g/mol. The fourth-order valence-electron chi connectivity index (χ4n) is 2.82. The van der Waals surface area contributed by atoms with E-state index in [0.717, 1.165) is 17.7 Å². The molecule has 2 rings (SSSR count). The molecule has 0 bridgehead atoms. The van der Waals surface area contributed by atoms with Gasteiger partial charge in [-0.25, -0.2) is 0 Å². The standard InChI is InChI=1S/C20H20Cl3F3N2O3S/c1-11-5-14(4-3-12(11)8-27-17(29)9-32(2)31)28-10-19(30,20(24,25)26)13-6-15(21)18(23)16(22)7-13/h3-7,28,30H,8-10H2,1-2H3,(H,27,29)/t19-,32+/m1/s1. The maximum Gasteiger partial charge on any atom is 0.423 e. The van der Waals surface area contributed by atoms with E-state index in [2.05, 4.69) is 10.6 Å². The predicted molar refractivity (Wildman–Crippen MR) is 122 cm³/mol. The number of hydrogen-bond acceptors (Lipinski definition) is 4. The zero-order chi connectivity index (χ0) is 24.3. The lowest BCUT2D eigenvalue weighted by Crippen LogP contribution is -2.47. The molecular formula is C20H20Cl3F3N2O3S. The van der Waals surface area contributed by atoms with Gasteiger partial charge in [0.1, 0.15) is 5.75 Å². The lowest BCUT2D eigenvalue weighted by molar-refractivity contribution is -0.260. The molecule has 0 heterocycles. The second kappa shape index (κ2) is 10.6. The Morgan fingerprint density at radius 3 is 2.22 bits per heavy atom. The molecule has 0 aliphatic carbocycles. The van der Waals surface area contributed by atoms with Crippen molar-refractivity contribution in [2.24, 2.45) is 0 Å². The SMILES string of the molecule is Cc1cc(NC[C@@](O)(c2cc(Cl)c(Cl)c(Cl)c2)C(F)(F)F)ccc1CNC(=O)C[S@](C)=O. The second-order valence-electron chi connectivity index (χ2n) is 7.10. The summed E-state index contributed by atoms with van der Waals surface area (Å²) in [6, 6.07) is 6.57. The number of rotatable bonds is 8. The number of aryl methyl sites for hydroxylation is 1. The third kappa shape index (κ3) is 6.51. The highest BCUT2D eigenvalue weighted by Gasteiger charge is 2.55. The first kappa shape index (κ1) is 26.7. The molecule has 0 spiro atoms. The van der Waals surface area contributed by atoms with Crippen molar-refractivity contribution in [3.63, 3.8) is 0 Å². The molecule has 1 amide bonds. The normalized spacial score (nSPS) is 14.5. The summed E-state index contributed by atoms with van der Waals surface area (Å²) in [6.07, 6.45) is -3.63. The fourth-order valence-corrected chi connectivity index (χ4v) is 3.89. The Kier molecular flexibility index (Phi) is 8.86. The van der Waals surface area contributed by atoms with Gasteiger partial charge in [0, 0.05) is 29.3 Å². The summed E-state index contributed by atoms with van der Waals surface area (Å²) >= 11 is 17.5. The minimum Gasteiger partial charge on any atom is -0.381 e. The van der Waals surface area contributed by atoms with Gasteiger partial charge in [-0.15, -0.1) is 0 Å². The van der Waals surface area contributed by atoms with E-state index >= 15 is 0 Å². The van der Waals surface area contributed by atoms with Crippen LogP contribution in [0.1, 0.15) is 16.7 Å². The largest absolute Gasteiger partial charge is 0.423 e. The van der Waals surface area contributed by atoms with Crippen molar-refractivity contribution in [3.05, 3.63) is 62.1 Å². The van der Waals surface area contributed by atoms with Gasteiger partial charge in [0.2, 0.25) is 11.5 Å². The highest BCUT2D eigenvalue weighted by atomic mass is 35.5. The summed E-state index contributed by atoms with van der Waals surface area (Å²) in [4.78, 5) is 11.6. The van der Waals surface area contributed by atoms with Gasteiger partial charge in [0.05, 0.1) is 21.6 Å². The molecule has 0 aliphatic heterocycles. The molecule has 0 aliphatic rings. The van der Waals surface area contributed by atoms with Crippen molar-refractivity contribution in [1.82, 2.24) is 5.32 Å². The molecule has 3 N–H and O–H groups in total. The number of nitrogens with one attached hydrogen (secondary N) is 2. The third-order valence-corrected chi connectivity index (χ3v) is 6.50. The third-order valence-electron chi connectivity index (χ3n) is 4.63. The lowest BCUT2D eigenvalue weighted by Gasteiger charge is -2.32. The highest BCUT2D eigenvalue weighted by Crippen LogP contribution is 2.43. The Hall–Kier alpha value is -1.52. The van der Waals surface area contributed by atoms with Gasteiger partial charge in [-0.05, 0) is 47.9 Å². The van der Waals surface area contributed by atoms with Crippen LogP contribution in [0.4, 0.5) is 18.9 Å². The van der Waals surface area contributed by atoms with Crippen molar-refractivity contribution in [2.45, 2.75) is 25.2 Å². The predicted octanol–water partition coefficient (Wildman–Crippen LogP) is 4.81. The summed E-state index contributed by atoms with van der Waals surface area (Å²) in [5.41, 5.74) is -2.10. The van der Waals surface area contributed by atoms with Gasteiger partial charge in [-0.3, -0.25) is 9.00 Å². The van der Waals surface area contributed by atoms with Crippen LogP contribution in [-0.2, 0) is 27.7 Å². The molecule has 2 aromatic rings. The average Bonchev–Trinajstić information content (AvgIpc) is 2.67. The van der Waals surface area contributed by atoms with Crippen LogP contribution < -0.4 is 10.6 Å². The highest BCUT2D eigenvalue weighted by molar-refractivity contribution is 7.85. The van der Waals surface area contributed by atoms with E-state index in [1.54, 1.807) is 19.1 Å². The summed E-state index contributed by atoms with van der Waals surface area (Å²) in [5, 5.41) is 15.2. The summed E-state index contributed by atoms with van der Waals surface area (Å²) in [7, 11) is -1.26. The first-order valence-corrected chi connectivity index (χ1v) is 11.9. The average molecular weight is 532 g/mol. The lowest BCUT2D eigenvalue weighted by atomic mass is 9.92. The first-order valence-electron chi connectivity index (χ1n) is 9.09. The van der Waals surface area contributed by atoms with E-state index in [4.69, 9.17) is 34.8 Å². The molecule has 5 nitrogen and oxygen atoms in total. The van der Waals surface area contributed by atoms with Crippen LogP contribution in [0.2, 0.25) is 15.1 Å². The van der Waals surface area contributed by atoms with E-state index in [9.17, 15) is 27.3 Å². The van der Waals surface area contributed by atoms with Crippen molar-refractivity contribution < 1.29 is 27.3 Å². The Labute approximate surface area is 200 Å². The molecule has 0 aromatic heterocycles. The van der Waals surface area contributed by atoms with Crippen LogP contribution in [0.5, 0.6) is 0 Å². The maximum atomic E-state index is 13.8. The number of anilines is 1. The molecule has 0 radical (unpaired) electrons. The van der Waals surface area contributed by atoms with Gasteiger partial charge in [0.25, 0.3) is 0 Å². The van der Waals surface area contributed by atoms with Gasteiger partial charge in [-0.1, -0.05) is 40.9 Å². The van der Waals surface area contributed by atoms with Crippen LogP contribution in [0, 0.1) is 6.92 Å². The van der Waals surface area contributed by atoms with Gasteiger partial charge in [0.15, 0.2) is 0 Å². The van der Waals surface area contributed by atoms with Crippen LogP contribution >= 0.6 is 34.8 Å². The summed E-state index contributed by atoms with van der Waals surface area (Å²) in [5.74, 6) is -0.490. The van der Waals surface area contributed by atoms with Crippen molar-refractivity contribution >= 4 is 57.2 Å². The number of amides is 1. The Bertz CT molecular complexity index is 1010. The van der Waals surface area contributed by atoms with Crippen molar-refractivity contribution in [1.29, 1.82) is 0 Å². The minimum absolute atomic E-state index is 0.113. The Morgan fingerprint density at radius 2 is 1.72 bits per heavy atom. The Morgan fingerprint density at radius 1 is 1.12 bits per heavy atom.